The molecule has 0 atom stereocenters. The van der Waals surface area contributed by atoms with Crippen molar-refractivity contribution in [3.63, 3.8) is 0 Å². The van der Waals surface area contributed by atoms with Crippen LogP contribution in [0.5, 0.6) is 5.75 Å². The Kier molecular flexibility index (Phi) is 6.57. The first-order valence-corrected chi connectivity index (χ1v) is 6.80. The lowest BCUT2D eigenvalue weighted by Gasteiger charge is -2.16. The van der Waals surface area contributed by atoms with E-state index in [0.717, 1.165) is 6.07 Å². The van der Waals surface area contributed by atoms with E-state index >= 15 is 0 Å². The molecule has 0 aliphatic carbocycles. The maximum absolute atomic E-state index is 13.1. The largest absolute Gasteiger partial charge is 0.492 e. The zero-order valence-electron chi connectivity index (χ0n) is 12.5. The molecule has 0 fully saturated rings. The van der Waals surface area contributed by atoms with Gasteiger partial charge in [-0.25, -0.2) is 0 Å². The summed E-state index contributed by atoms with van der Waals surface area (Å²) in [5.74, 6) is 5.28. The fourth-order valence-electron chi connectivity index (χ4n) is 1.69. The summed E-state index contributed by atoms with van der Waals surface area (Å²) in [4.78, 5) is 0. The van der Waals surface area contributed by atoms with Crippen molar-refractivity contribution in [2.75, 3.05) is 6.61 Å². The Bertz CT molecular complexity index is 512. The maximum Gasteiger partial charge on any atom is 0.419 e. The van der Waals surface area contributed by atoms with E-state index in [-0.39, 0.29) is 18.4 Å². The number of benzene rings is 1. The van der Waals surface area contributed by atoms with Crippen molar-refractivity contribution in [1.82, 2.24) is 5.32 Å². The second kappa shape index (κ2) is 7.94. The molecular formula is C16H20F3NO. The SMILES string of the molecule is CC#CCCOc1ccc(CNC(C)C)cc1C(F)(F)F. The van der Waals surface area contributed by atoms with Gasteiger partial charge in [-0.05, 0) is 24.6 Å². The number of ether oxygens (including phenoxy) is 1. The first kappa shape index (κ1) is 17.4. The molecule has 1 N–H and O–H groups in total. The molecule has 0 radical (unpaired) electrons. The van der Waals surface area contributed by atoms with Gasteiger partial charge in [0.2, 0.25) is 0 Å². The molecule has 116 valence electrons. The van der Waals surface area contributed by atoms with Crippen molar-refractivity contribution in [1.29, 1.82) is 0 Å². The highest BCUT2D eigenvalue weighted by atomic mass is 19.4. The minimum Gasteiger partial charge on any atom is -0.492 e. The monoisotopic (exact) mass is 299 g/mol. The summed E-state index contributed by atoms with van der Waals surface area (Å²) < 4.78 is 44.4. The van der Waals surface area contributed by atoms with Gasteiger partial charge in [0.25, 0.3) is 0 Å². The summed E-state index contributed by atoms with van der Waals surface area (Å²) in [6.07, 6.45) is -4.02. The molecule has 0 aliphatic rings. The van der Waals surface area contributed by atoms with Crippen LogP contribution < -0.4 is 10.1 Å². The first-order valence-electron chi connectivity index (χ1n) is 6.80. The number of rotatable bonds is 6. The van der Waals surface area contributed by atoms with E-state index in [0.29, 0.717) is 18.5 Å². The van der Waals surface area contributed by atoms with Crippen LogP contribution in [0.1, 0.15) is 38.3 Å². The summed E-state index contributed by atoms with van der Waals surface area (Å²) in [6, 6.07) is 4.36. The summed E-state index contributed by atoms with van der Waals surface area (Å²) in [7, 11) is 0. The third kappa shape index (κ3) is 6.09. The molecule has 0 saturated heterocycles. The van der Waals surface area contributed by atoms with E-state index in [1.165, 1.54) is 6.07 Å². The predicted octanol–water partition coefficient (Wildman–Crippen LogP) is 4.00. The third-order valence-electron chi connectivity index (χ3n) is 2.73. The predicted molar refractivity (Wildman–Crippen MR) is 77.0 cm³/mol. The topological polar surface area (TPSA) is 21.3 Å². The summed E-state index contributed by atoms with van der Waals surface area (Å²) in [5.41, 5.74) is -0.160. The van der Waals surface area contributed by atoms with Gasteiger partial charge in [0.15, 0.2) is 0 Å². The van der Waals surface area contributed by atoms with E-state index in [9.17, 15) is 13.2 Å². The van der Waals surface area contributed by atoms with Gasteiger partial charge in [-0.15, -0.1) is 11.8 Å². The molecule has 0 saturated carbocycles. The molecule has 0 bridgehead atoms. The van der Waals surface area contributed by atoms with Gasteiger partial charge in [-0.1, -0.05) is 19.9 Å². The number of nitrogens with one attached hydrogen (secondary N) is 1. The highest BCUT2D eigenvalue weighted by molar-refractivity contribution is 5.39. The minimum absolute atomic E-state index is 0.145. The number of hydrogen-bond acceptors (Lipinski definition) is 2. The molecule has 0 spiro atoms. The van der Waals surface area contributed by atoms with E-state index in [1.54, 1.807) is 13.0 Å². The Morgan fingerprint density at radius 3 is 2.57 bits per heavy atom. The van der Waals surface area contributed by atoms with Gasteiger partial charge in [-0.2, -0.15) is 13.2 Å². The molecule has 2 nitrogen and oxygen atoms in total. The van der Waals surface area contributed by atoms with E-state index in [1.807, 2.05) is 13.8 Å². The minimum atomic E-state index is -4.43. The average Bonchev–Trinajstić information content (AvgIpc) is 2.41. The van der Waals surface area contributed by atoms with E-state index in [2.05, 4.69) is 17.2 Å². The highest BCUT2D eigenvalue weighted by Gasteiger charge is 2.34. The molecule has 1 aromatic rings. The Labute approximate surface area is 123 Å². The van der Waals surface area contributed by atoms with Crippen LogP contribution in [-0.4, -0.2) is 12.6 Å². The molecule has 0 amide bonds. The Balaban J connectivity index is 2.88. The maximum atomic E-state index is 13.1. The van der Waals surface area contributed by atoms with Crippen LogP contribution in [0.2, 0.25) is 0 Å². The molecular weight excluding hydrogens is 279 g/mol. The van der Waals surface area contributed by atoms with Crippen molar-refractivity contribution in [3.05, 3.63) is 29.3 Å². The summed E-state index contributed by atoms with van der Waals surface area (Å²) in [5, 5.41) is 3.09. The Morgan fingerprint density at radius 2 is 2.00 bits per heavy atom. The van der Waals surface area contributed by atoms with Gasteiger partial charge in [0.1, 0.15) is 5.75 Å². The van der Waals surface area contributed by atoms with Gasteiger partial charge >= 0.3 is 6.18 Å². The lowest BCUT2D eigenvalue weighted by Crippen LogP contribution is -2.22. The van der Waals surface area contributed by atoms with Gasteiger partial charge < -0.3 is 10.1 Å². The number of hydrogen-bond donors (Lipinski definition) is 1. The van der Waals surface area contributed by atoms with Crippen LogP contribution in [-0.2, 0) is 12.7 Å². The van der Waals surface area contributed by atoms with Gasteiger partial charge in [0, 0.05) is 19.0 Å². The quantitative estimate of drug-likeness (QED) is 0.633. The van der Waals surface area contributed by atoms with Crippen molar-refractivity contribution >= 4 is 0 Å². The van der Waals surface area contributed by atoms with Crippen LogP contribution >= 0.6 is 0 Å². The van der Waals surface area contributed by atoms with Crippen LogP contribution in [0, 0.1) is 11.8 Å². The van der Waals surface area contributed by atoms with Crippen LogP contribution in [0.15, 0.2) is 18.2 Å². The standard InChI is InChI=1S/C16H20F3NO/c1-4-5-6-9-21-15-8-7-13(11-20-12(2)3)10-14(15)16(17,18)19/h7-8,10,12,20H,6,9,11H2,1-3H3. The van der Waals surface area contributed by atoms with Crippen LogP contribution in [0.4, 0.5) is 13.2 Å². The highest BCUT2D eigenvalue weighted by Crippen LogP contribution is 2.36. The lowest BCUT2D eigenvalue weighted by atomic mass is 10.1. The molecule has 0 unspecified atom stereocenters. The fourth-order valence-corrected chi connectivity index (χ4v) is 1.69. The fraction of sp³-hybridized carbons (Fsp3) is 0.500. The zero-order valence-corrected chi connectivity index (χ0v) is 12.5. The second-order valence-electron chi connectivity index (χ2n) is 4.89. The van der Waals surface area contributed by atoms with Crippen molar-refractivity contribution in [2.24, 2.45) is 0 Å². The average molecular weight is 299 g/mol. The Hall–Kier alpha value is -1.67. The van der Waals surface area contributed by atoms with Crippen LogP contribution in [0.25, 0.3) is 0 Å². The van der Waals surface area contributed by atoms with Crippen molar-refractivity contribution < 1.29 is 17.9 Å². The molecule has 0 aliphatic heterocycles. The molecule has 1 rings (SSSR count). The van der Waals surface area contributed by atoms with Gasteiger partial charge in [0.05, 0.1) is 12.2 Å². The third-order valence-corrected chi connectivity index (χ3v) is 2.73. The summed E-state index contributed by atoms with van der Waals surface area (Å²) in [6.45, 7) is 6.10. The van der Waals surface area contributed by atoms with E-state index < -0.39 is 11.7 Å². The van der Waals surface area contributed by atoms with Gasteiger partial charge in [-0.3, -0.25) is 0 Å². The number of alkyl halides is 3. The summed E-state index contributed by atoms with van der Waals surface area (Å²) >= 11 is 0. The smallest absolute Gasteiger partial charge is 0.419 e. The molecule has 1 aromatic carbocycles. The first-order chi connectivity index (χ1) is 9.84. The van der Waals surface area contributed by atoms with Crippen LogP contribution in [0.3, 0.4) is 0 Å². The lowest BCUT2D eigenvalue weighted by molar-refractivity contribution is -0.139. The Morgan fingerprint density at radius 1 is 1.29 bits per heavy atom. The second-order valence-corrected chi connectivity index (χ2v) is 4.89. The molecule has 21 heavy (non-hydrogen) atoms. The number of halogens is 3. The zero-order chi connectivity index (χ0) is 15.9. The molecule has 5 heteroatoms. The van der Waals surface area contributed by atoms with Crippen molar-refractivity contribution in [3.8, 4) is 17.6 Å². The normalized spacial score (nSPS) is 11.2. The van der Waals surface area contributed by atoms with Crippen molar-refractivity contribution in [2.45, 2.75) is 46.0 Å². The molecule has 0 aromatic heterocycles. The van der Waals surface area contributed by atoms with E-state index in [4.69, 9.17) is 4.74 Å². The molecule has 0 heterocycles.